The Morgan fingerprint density at radius 1 is 1.32 bits per heavy atom. The van der Waals surface area contributed by atoms with Gasteiger partial charge in [0.25, 0.3) is 5.91 Å². The highest BCUT2D eigenvalue weighted by Gasteiger charge is 2.13. The van der Waals surface area contributed by atoms with Crippen LogP contribution in [0.15, 0.2) is 18.2 Å². The van der Waals surface area contributed by atoms with E-state index in [1.807, 2.05) is 0 Å². The Bertz CT molecular complexity index is 442. The molecule has 104 valence electrons. The summed E-state index contributed by atoms with van der Waals surface area (Å²) in [7, 11) is 0. The second kappa shape index (κ2) is 6.43. The van der Waals surface area contributed by atoms with Gasteiger partial charge in [-0.3, -0.25) is 4.79 Å². The Morgan fingerprint density at radius 3 is 2.79 bits per heavy atom. The summed E-state index contributed by atoms with van der Waals surface area (Å²) in [5, 5.41) is 12.5. The number of rotatable bonds is 4. The summed E-state index contributed by atoms with van der Waals surface area (Å²) >= 11 is 0. The number of phenolic OH excluding ortho intramolecular Hbond substituents is 1. The lowest BCUT2D eigenvalue weighted by molar-refractivity contribution is 0.0944. The fraction of sp³-hybridized carbons (Fsp3) is 0.500. The summed E-state index contributed by atoms with van der Waals surface area (Å²) in [6, 6.07) is 4.80. The van der Waals surface area contributed by atoms with Crippen molar-refractivity contribution in [2.45, 2.75) is 19.3 Å². The Morgan fingerprint density at radius 2 is 2.05 bits per heavy atom. The van der Waals surface area contributed by atoms with Gasteiger partial charge in [0, 0.05) is 13.1 Å². The number of piperidine rings is 1. The fourth-order valence-electron chi connectivity index (χ4n) is 2.35. The van der Waals surface area contributed by atoms with Gasteiger partial charge in [-0.05, 0) is 38.1 Å². The molecule has 0 aliphatic carbocycles. The Balaban J connectivity index is 1.82. The molecule has 0 unspecified atom stereocenters. The topological polar surface area (TPSA) is 78.6 Å². The van der Waals surface area contributed by atoms with Gasteiger partial charge in [-0.2, -0.15) is 0 Å². The van der Waals surface area contributed by atoms with E-state index in [2.05, 4.69) is 10.2 Å². The third-order valence-electron chi connectivity index (χ3n) is 3.47. The van der Waals surface area contributed by atoms with Crippen LogP contribution in [0, 0.1) is 0 Å². The molecule has 1 amide bonds. The molecular formula is C14H21N3O2. The number of para-hydroxylation sites is 1. The van der Waals surface area contributed by atoms with Crippen LogP contribution in [0.2, 0.25) is 0 Å². The molecular weight excluding hydrogens is 242 g/mol. The lowest BCUT2D eigenvalue weighted by Gasteiger charge is -2.26. The average molecular weight is 263 g/mol. The molecule has 19 heavy (non-hydrogen) atoms. The van der Waals surface area contributed by atoms with Gasteiger partial charge in [-0.25, -0.2) is 0 Å². The first-order chi connectivity index (χ1) is 9.18. The Labute approximate surface area is 113 Å². The highest BCUT2D eigenvalue weighted by atomic mass is 16.3. The van der Waals surface area contributed by atoms with Crippen LogP contribution in [0.25, 0.3) is 0 Å². The van der Waals surface area contributed by atoms with Crippen LogP contribution in [0.1, 0.15) is 29.6 Å². The standard InChI is InChI=1S/C14H21N3O2/c15-12-6-4-5-11(13(12)18)14(19)16-7-10-17-8-2-1-3-9-17/h4-6,18H,1-3,7-10,15H2,(H,16,19). The SMILES string of the molecule is Nc1cccc(C(=O)NCCN2CCCCC2)c1O. The molecule has 0 bridgehead atoms. The smallest absolute Gasteiger partial charge is 0.255 e. The summed E-state index contributed by atoms with van der Waals surface area (Å²) < 4.78 is 0. The number of carbonyl (C=O) groups is 1. The highest BCUT2D eigenvalue weighted by molar-refractivity contribution is 5.98. The zero-order valence-electron chi connectivity index (χ0n) is 11.1. The molecule has 2 rings (SSSR count). The number of nitrogens with two attached hydrogens (primary N) is 1. The number of phenols is 1. The van der Waals surface area contributed by atoms with Gasteiger partial charge < -0.3 is 21.1 Å². The van der Waals surface area contributed by atoms with Gasteiger partial charge in [0.2, 0.25) is 0 Å². The second-order valence-corrected chi connectivity index (χ2v) is 4.90. The van der Waals surface area contributed by atoms with Crippen molar-refractivity contribution in [1.82, 2.24) is 10.2 Å². The molecule has 1 heterocycles. The van der Waals surface area contributed by atoms with Gasteiger partial charge in [0.05, 0.1) is 11.3 Å². The molecule has 4 N–H and O–H groups in total. The van der Waals surface area contributed by atoms with Crippen LogP contribution < -0.4 is 11.1 Å². The number of benzene rings is 1. The maximum atomic E-state index is 11.9. The number of nitrogen functional groups attached to an aromatic ring is 1. The number of hydrogen-bond donors (Lipinski definition) is 3. The summed E-state index contributed by atoms with van der Waals surface area (Å²) in [4.78, 5) is 14.3. The van der Waals surface area contributed by atoms with Gasteiger partial charge in [0.15, 0.2) is 5.75 Å². The predicted molar refractivity (Wildman–Crippen MR) is 75.1 cm³/mol. The number of nitrogens with one attached hydrogen (secondary N) is 1. The number of aromatic hydroxyl groups is 1. The first-order valence-corrected chi connectivity index (χ1v) is 6.76. The van der Waals surface area contributed by atoms with Crippen LogP contribution in [0.4, 0.5) is 5.69 Å². The minimum atomic E-state index is -0.276. The molecule has 0 spiro atoms. The van der Waals surface area contributed by atoms with Crippen molar-refractivity contribution in [2.24, 2.45) is 0 Å². The van der Waals surface area contributed by atoms with Crippen molar-refractivity contribution in [3.05, 3.63) is 23.8 Å². The molecule has 1 aromatic rings. The first-order valence-electron chi connectivity index (χ1n) is 6.76. The van der Waals surface area contributed by atoms with E-state index < -0.39 is 0 Å². The number of carbonyl (C=O) groups excluding carboxylic acids is 1. The second-order valence-electron chi connectivity index (χ2n) is 4.90. The van der Waals surface area contributed by atoms with Crippen molar-refractivity contribution >= 4 is 11.6 Å². The van der Waals surface area contributed by atoms with E-state index >= 15 is 0 Å². The molecule has 0 radical (unpaired) electrons. The summed E-state index contributed by atoms with van der Waals surface area (Å²) in [6.07, 6.45) is 3.79. The van der Waals surface area contributed by atoms with Crippen LogP contribution in [-0.2, 0) is 0 Å². The fourth-order valence-corrected chi connectivity index (χ4v) is 2.35. The molecule has 1 aromatic carbocycles. The van der Waals surface area contributed by atoms with E-state index in [4.69, 9.17) is 5.73 Å². The lowest BCUT2D eigenvalue weighted by atomic mass is 10.1. The monoisotopic (exact) mass is 263 g/mol. The first kappa shape index (κ1) is 13.7. The zero-order chi connectivity index (χ0) is 13.7. The van der Waals surface area contributed by atoms with Crippen molar-refractivity contribution in [3.63, 3.8) is 0 Å². The largest absolute Gasteiger partial charge is 0.505 e. The summed E-state index contributed by atoms with van der Waals surface area (Å²) in [5.41, 5.74) is 6.03. The van der Waals surface area contributed by atoms with Crippen molar-refractivity contribution < 1.29 is 9.90 Å². The molecule has 1 saturated heterocycles. The molecule has 1 aliphatic heterocycles. The Hall–Kier alpha value is -1.75. The molecule has 0 atom stereocenters. The van der Waals surface area contributed by atoms with Crippen molar-refractivity contribution in [2.75, 3.05) is 31.9 Å². The molecule has 5 heteroatoms. The number of anilines is 1. The van der Waals surface area contributed by atoms with Gasteiger partial charge >= 0.3 is 0 Å². The molecule has 1 fully saturated rings. The van der Waals surface area contributed by atoms with Crippen molar-refractivity contribution in [1.29, 1.82) is 0 Å². The van der Waals surface area contributed by atoms with E-state index in [1.54, 1.807) is 18.2 Å². The van der Waals surface area contributed by atoms with Gasteiger partial charge in [-0.15, -0.1) is 0 Å². The van der Waals surface area contributed by atoms with E-state index in [1.165, 1.54) is 19.3 Å². The number of likely N-dealkylation sites (tertiary alicyclic amines) is 1. The normalized spacial score (nSPS) is 16.2. The maximum absolute atomic E-state index is 11.9. The van der Waals surface area contributed by atoms with Crippen LogP contribution >= 0.6 is 0 Å². The van der Waals surface area contributed by atoms with Crippen molar-refractivity contribution in [3.8, 4) is 5.75 Å². The van der Waals surface area contributed by atoms with Gasteiger partial charge in [-0.1, -0.05) is 12.5 Å². The molecule has 5 nitrogen and oxygen atoms in total. The maximum Gasteiger partial charge on any atom is 0.255 e. The number of nitrogens with zero attached hydrogens (tertiary/aromatic N) is 1. The quantitative estimate of drug-likeness (QED) is 0.563. The minimum absolute atomic E-state index is 0.141. The Kier molecular flexibility index (Phi) is 4.63. The lowest BCUT2D eigenvalue weighted by Crippen LogP contribution is -2.37. The summed E-state index contributed by atoms with van der Waals surface area (Å²) in [6.45, 7) is 3.67. The predicted octanol–water partition coefficient (Wildman–Crippen LogP) is 1.19. The number of hydrogen-bond acceptors (Lipinski definition) is 4. The van der Waals surface area contributed by atoms with E-state index in [-0.39, 0.29) is 22.9 Å². The molecule has 1 aliphatic rings. The minimum Gasteiger partial charge on any atom is -0.505 e. The zero-order valence-corrected chi connectivity index (χ0v) is 11.1. The van der Waals surface area contributed by atoms with Crippen LogP contribution in [0.5, 0.6) is 5.75 Å². The third-order valence-corrected chi connectivity index (χ3v) is 3.47. The van der Waals surface area contributed by atoms with Crippen LogP contribution in [0.3, 0.4) is 0 Å². The third kappa shape index (κ3) is 3.61. The van der Waals surface area contributed by atoms with Gasteiger partial charge in [0.1, 0.15) is 0 Å². The highest BCUT2D eigenvalue weighted by Crippen LogP contribution is 2.23. The van der Waals surface area contributed by atoms with E-state index in [0.29, 0.717) is 6.54 Å². The van der Waals surface area contributed by atoms with E-state index in [0.717, 1.165) is 19.6 Å². The molecule has 0 aromatic heterocycles. The van der Waals surface area contributed by atoms with E-state index in [9.17, 15) is 9.90 Å². The number of amides is 1. The summed E-state index contributed by atoms with van der Waals surface area (Å²) in [5.74, 6) is -0.417. The molecule has 0 saturated carbocycles. The van der Waals surface area contributed by atoms with Crippen LogP contribution in [-0.4, -0.2) is 42.1 Å². The average Bonchev–Trinajstić information content (AvgIpc) is 2.43.